The van der Waals surface area contributed by atoms with Crippen LogP contribution in [0.2, 0.25) is 0 Å². The number of para-hydroxylation sites is 1. The van der Waals surface area contributed by atoms with Crippen molar-refractivity contribution < 1.29 is 14.3 Å². The molecule has 2 aromatic carbocycles. The zero-order chi connectivity index (χ0) is 22.8. The lowest BCUT2D eigenvalue weighted by Gasteiger charge is -2.25. The third kappa shape index (κ3) is 4.56. The van der Waals surface area contributed by atoms with E-state index in [9.17, 15) is 9.59 Å². The smallest absolute Gasteiger partial charge is 0.280 e. The fourth-order valence-electron chi connectivity index (χ4n) is 4.00. The van der Waals surface area contributed by atoms with E-state index >= 15 is 0 Å². The number of hydrogen-bond acceptors (Lipinski definition) is 6. The standard InChI is InChI=1S/C25H22N4O3S/c1-26-23(30)21-14-19(10-11-27-21)32-18-9-7-15-6-8-17(12-16(15)13-18)28-24(31)25-29-20-4-2-3-5-22(20)33-25/h2-5,7,9-11,13-14,17H,6,8,12H2,1H3,(H,26,30)(H,28,31). The van der Waals surface area contributed by atoms with Crippen LogP contribution in [0, 0.1) is 0 Å². The second kappa shape index (κ2) is 8.99. The largest absolute Gasteiger partial charge is 0.457 e. The second-order valence-electron chi connectivity index (χ2n) is 7.89. The number of ether oxygens (including phenoxy) is 1. The molecule has 1 aliphatic carbocycles. The highest BCUT2D eigenvalue weighted by Gasteiger charge is 2.23. The number of aromatic nitrogens is 2. The van der Waals surface area contributed by atoms with Gasteiger partial charge in [-0.1, -0.05) is 18.2 Å². The van der Waals surface area contributed by atoms with Crippen molar-refractivity contribution in [3.8, 4) is 11.5 Å². The van der Waals surface area contributed by atoms with Crippen molar-refractivity contribution in [2.24, 2.45) is 0 Å². The zero-order valence-electron chi connectivity index (χ0n) is 18.0. The Morgan fingerprint density at radius 1 is 1.03 bits per heavy atom. The number of fused-ring (bicyclic) bond motifs is 2. The number of nitrogens with one attached hydrogen (secondary N) is 2. The summed E-state index contributed by atoms with van der Waals surface area (Å²) < 4.78 is 6.99. The normalized spacial score (nSPS) is 15.0. The minimum atomic E-state index is -0.266. The molecule has 0 saturated carbocycles. The van der Waals surface area contributed by atoms with Gasteiger partial charge in [0.25, 0.3) is 11.8 Å². The van der Waals surface area contributed by atoms with Gasteiger partial charge in [-0.2, -0.15) is 0 Å². The van der Waals surface area contributed by atoms with Gasteiger partial charge in [0.05, 0.1) is 10.2 Å². The molecule has 1 unspecified atom stereocenters. The van der Waals surface area contributed by atoms with Crippen LogP contribution < -0.4 is 15.4 Å². The Hall–Kier alpha value is -3.78. The van der Waals surface area contributed by atoms with Crippen LogP contribution in [0.3, 0.4) is 0 Å². The number of benzene rings is 2. The number of aryl methyl sites for hydroxylation is 1. The monoisotopic (exact) mass is 458 g/mol. The van der Waals surface area contributed by atoms with Gasteiger partial charge in [-0.05, 0) is 60.7 Å². The van der Waals surface area contributed by atoms with Gasteiger partial charge in [0.1, 0.15) is 17.2 Å². The molecule has 33 heavy (non-hydrogen) atoms. The van der Waals surface area contributed by atoms with Crippen LogP contribution in [0.25, 0.3) is 10.2 Å². The van der Waals surface area contributed by atoms with E-state index in [1.54, 1.807) is 25.4 Å². The Labute approximate surface area is 194 Å². The molecular weight excluding hydrogens is 436 g/mol. The highest BCUT2D eigenvalue weighted by Crippen LogP contribution is 2.29. The van der Waals surface area contributed by atoms with E-state index in [1.807, 2.05) is 36.4 Å². The van der Waals surface area contributed by atoms with Crippen molar-refractivity contribution in [1.82, 2.24) is 20.6 Å². The minimum absolute atomic E-state index is 0.0352. The van der Waals surface area contributed by atoms with E-state index in [1.165, 1.54) is 16.9 Å². The lowest BCUT2D eigenvalue weighted by atomic mass is 9.88. The summed E-state index contributed by atoms with van der Waals surface area (Å²) in [6, 6.07) is 17.1. The molecule has 2 aromatic heterocycles. The van der Waals surface area contributed by atoms with Gasteiger partial charge < -0.3 is 15.4 Å². The summed E-state index contributed by atoms with van der Waals surface area (Å²) >= 11 is 1.41. The summed E-state index contributed by atoms with van der Waals surface area (Å²) in [6.07, 6.45) is 4.04. The van der Waals surface area contributed by atoms with Crippen molar-refractivity contribution in [1.29, 1.82) is 0 Å². The first-order valence-corrected chi connectivity index (χ1v) is 11.5. The summed E-state index contributed by atoms with van der Waals surface area (Å²) in [7, 11) is 1.56. The number of carbonyl (C=O) groups is 2. The molecule has 5 rings (SSSR count). The first-order chi connectivity index (χ1) is 16.1. The number of thiazole rings is 1. The van der Waals surface area contributed by atoms with Crippen LogP contribution in [0.15, 0.2) is 60.8 Å². The summed E-state index contributed by atoms with van der Waals surface area (Å²) in [5.74, 6) is 0.828. The van der Waals surface area contributed by atoms with Gasteiger partial charge in [0.2, 0.25) is 0 Å². The van der Waals surface area contributed by atoms with E-state index in [-0.39, 0.29) is 17.9 Å². The molecule has 0 bridgehead atoms. The molecule has 0 saturated heterocycles. The lowest BCUT2D eigenvalue weighted by molar-refractivity contribution is 0.0931. The number of rotatable bonds is 5. The SMILES string of the molecule is CNC(=O)c1cc(Oc2ccc3c(c2)CC(NC(=O)c2nc4ccccc4s2)CC3)ccn1. The summed E-state index contributed by atoms with van der Waals surface area (Å²) in [6.45, 7) is 0. The van der Waals surface area contributed by atoms with Crippen molar-refractivity contribution in [3.05, 3.63) is 82.6 Å². The molecule has 166 valence electrons. The maximum Gasteiger partial charge on any atom is 0.280 e. The number of nitrogens with zero attached hydrogens (tertiary/aromatic N) is 2. The van der Waals surface area contributed by atoms with Gasteiger partial charge >= 0.3 is 0 Å². The molecule has 0 radical (unpaired) electrons. The van der Waals surface area contributed by atoms with Gasteiger partial charge in [0.15, 0.2) is 5.01 Å². The van der Waals surface area contributed by atoms with E-state index in [0.29, 0.717) is 22.2 Å². The zero-order valence-corrected chi connectivity index (χ0v) is 18.8. The summed E-state index contributed by atoms with van der Waals surface area (Å²) in [5.41, 5.74) is 3.55. The van der Waals surface area contributed by atoms with Crippen LogP contribution in [0.5, 0.6) is 11.5 Å². The predicted octanol–water partition coefficient (Wildman–Crippen LogP) is 4.13. The fourth-order valence-corrected chi connectivity index (χ4v) is 4.87. The highest BCUT2D eigenvalue weighted by molar-refractivity contribution is 7.20. The quantitative estimate of drug-likeness (QED) is 0.469. The lowest BCUT2D eigenvalue weighted by Crippen LogP contribution is -2.38. The molecule has 1 aliphatic rings. The molecule has 1 atom stereocenters. The average molecular weight is 459 g/mol. The van der Waals surface area contributed by atoms with Gasteiger partial charge in [-0.25, -0.2) is 4.98 Å². The van der Waals surface area contributed by atoms with E-state index in [2.05, 4.69) is 26.7 Å². The third-order valence-electron chi connectivity index (χ3n) is 5.66. The van der Waals surface area contributed by atoms with Crippen LogP contribution >= 0.6 is 11.3 Å². The van der Waals surface area contributed by atoms with Gasteiger partial charge in [0, 0.05) is 25.4 Å². The van der Waals surface area contributed by atoms with Crippen LogP contribution in [-0.2, 0) is 12.8 Å². The number of amides is 2. The van der Waals surface area contributed by atoms with Crippen molar-refractivity contribution in [2.45, 2.75) is 25.3 Å². The first-order valence-electron chi connectivity index (χ1n) is 10.7. The highest BCUT2D eigenvalue weighted by atomic mass is 32.1. The van der Waals surface area contributed by atoms with Crippen LogP contribution in [0.4, 0.5) is 0 Å². The Morgan fingerprint density at radius 3 is 2.73 bits per heavy atom. The fraction of sp³-hybridized carbons (Fsp3) is 0.200. The molecule has 8 heteroatoms. The maximum absolute atomic E-state index is 12.8. The van der Waals surface area contributed by atoms with Crippen molar-refractivity contribution in [2.75, 3.05) is 7.05 Å². The predicted molar refractivity (Wildman–Crippen MR) is 127 cm³/mol. The van der Waals surface area contributed by atoms with E-state index < -0.39 is 0 Å². The molecule has 2 heterocycles. The molecule has 0 aliphatic heterocycles. The Bertz CT molecular complexity index is 1320. The Morgan fingerprint density at radius 2 is 1.88 bits per heavy atom. The molecule has 2 N–H and O–H groups in total. The third-order valence-corrected chi connectivity index (χ3v) is 6.69. The summed E-state index contributed by atoms with van der Waals surface area (Å²) in [4.78, 5) is 33.1. The molecule has 0 spiro atoms. The van der Waals surface area contributed by atoms with Crippen LogP contribution in [-0.4, -0.2) is 34.9 Å². The maximum atomic E-state index is 12.8. The van der Waals surface area contributed by atoms with E-state index in [4.69, 9.17) is 4.74 Å². The molecular formula is C25H22N4O3S. The second-order valence-corrected chi connectivity index (χ2v) is 8.92. The Kier molecular flexibility index (Phi) is 5.75. The average Bonchev–Trinajstić information content (AvgIpc) is 3.28. The topological polar surface area (TPSA) is 93.2 Å². The van der Waals surface area contributed by atoms with Gasteiger partial charge in [-0.15, -0.1) is 11.3 Å². The van der Waals surface area contributed by atoms with Crippen molar-refractivity contribution in [3.63, 3.8) is 0 Å². The number of carbonyl (C=O) groups excluding carboxylic acids is 2. The minimum Gasteiger partial charge on any atom is -0.457 e. The van der Waals surface area contributed by atoms with Gasteiger partial charge in [-0.3, -0.25) is 14.6 Å². The van der Waals surface area contributed by atoms with Crippen LogP contribution in [0.1, 0.15) is 37.8 Å². The first kappa shape index (κ1) is 21.1. The number of pyridine rings is 1. The number of hydrogen-bond donors (Lipinski definition) is 2. The molecule has 0 fully saturated rings. The summed E-state index contributed by atoms with van der Waals surface area (Å²) in [5, 5.41) is 6.20. The molecule has 2 amide bonds. The Balaban J connectivity index is 1.28. The van der Waals surface area contributed by atoms with E-state index in [0.717, 1.165) is 35.0 Å². The molecule has 4 aromatic rings. The van der Waals surface area contributed by atoms with Crippen molar-refractivity contribution >= 4 is 33.4 Å². The molecule has 7 nitrogen and oxygen atoms in total.